The van der Waals surface area contributed by atoms with Gasteiger partial charge in [-0.1, -0.05) is 6.07 Å². The molecule has 0 spiro atoms. The number of nitrogens with zero attached hydrogens (tertiary/aromatic N) is 2. The van der Waals surface area contributed by atoms with Crippen molar-refractivity contribution in [2.45, 2.75) is 6.42 Å². The van der Waals surface area contributed by atoms with Crippen molar-refractivity contribution in [1.82, 2.24) is 9.97 Å². The summed E-state index contributed by atoms with van der Waals surface area (Å²) in [5.41, 5.74) is 2.87. The molecule has 5 heteroatoms. The fourth-order valence-corrected chi connectivity index (χ4v) is 2.31. The van der Waals surface area contributed by atoms with Crippen LogP contribution in [0.2, 0.25) is 0 Å². The van der Waals surface area contributed by atoms with Crippen molar-refractivity contribution < 1.29 is 8.42 Å². The van der Waals surface area contributed by atoms with Crippen molar-refractivity contribution in [3.63, 3.8) is 0 Å². The second kappa shape index (κ2) is 5.27. The van der Waals surface area contributed by atoms with Gasteiger partial charge in [-0.3, -0.25) is 9.97 Å². The Labute approximate surface area is 107 Å². The fraction of sp³-hybridized carbons (Fsp3) is 0.231. The first kappa shape index (κ1) is 12.7. The highest BCUT2D eigenvalue weighted by Crippen LogP contribution is 2.22. The number of sulfone groups is 1. The minimum absolute atomic E-state index is 0.143. The first-order chi connectivity index (χ1) is 8.56. The molecule has 0 fully saturated rings. The summed E-state index contributed by atoms with van der Waals surface area (Å²) in [6, 6.07) is 5.64. The molecule has 0 saturated heterocycles. The predicted molar refractivity (Wildman–Crippen MR) is 70.9 cm³/mol. The van der Waals surface area contributed by atoms with E-state index in [1.54, 1.807) is 24.8 Å². The average Bonchev–Trinajstić information content (AvgIpc) is 2.37. The van der Waals surface area contributed by atoms with Crippen LogP contribution >= 0.6 is 0 Å². The Balaban J connectivity index is 2.32. The number of aryl methyl sites for hydroxylation is 1. The van der Waals surface area contributed by atoms with Gasteiger partial charge in [0.15, 0.2) is 0 Å². The summed E-state index contributed by atoms with van der Waals surface area (Å²) in [5, 5.41) is 0. The predicted octanol–water partition coefficient (Wildman–Crippen LogP) is 1.73. The molecule has 0 atom stereocenters. The lowest BCUT2D eigenvalue weighted by Crippen LogP contribution is -2.06. The van der Waals surface area contributed by atoms with Crippen molar-refractivity contribution in [2.75, 3.05) is 12.0 Å². The Bertz CT molecular complexity index is 624. The van der Waals surface area contributed by atoms with Crippen LogP contribution in [0.5, 0.6) is 0 Å². The SMILES string of the molecule is CS(=O)(=O)CCc1ccncc1-c1cccnc1. The molecular formula is C13H14N2O2S. The van der Waals surface area contributed by atoms with Crippen LogP contribution in [0.1, 0.15) is 5.56 Å². The van der Waals surface area contributed by atoms with Crippen LogP contribution < -0.4 is 0 Å². The third kappa shape index (κ3) is 3.37. The lowest BCUT2D eigenvalue weighted by atomic mass is 10.0. The van der Waals surface area contributed by atoms with E-state index in [0.717, 1.165) is 16.7 Å². The second-order valence-corrected chi connectivity index (χ2v) is 6.41. The Morgan fingerprint density at radius 1 is 1.11 bits per heavy atom. The van der Waals surface area contributed by atoms with Gasteiger partial charge < -0.3 is 0 Å². The molecule has 0 amide bonds. The van der Waals surface area contributed by atoms with E-state index in [-0.39, 0.29) is 5.75 Å². The van der Waals surface area contributed by atoms with Crippen molar-refractivity contribution in [1.29, 1.82) is 0 Å². The van der Waals surface area contributed by atoms with E-state index in [4.69, 9.17) is 0 Å². The molecule has 0 saturated carbocycles. The van der Waals surface area contributed by atoms with Crippen molar-refractivity contribution in [3.05, 3.63) is 48.5 Å². The molecule has 0 N–H and O–H groups in total. The maximum Gasteiger partial charge on any atom is 0.147 e. The summed E-state index contributed by atoms with van der Waals surface area (Å²) in [7, 11) is -2.96. The van der Waals surface area contributed by atoms with Crippen LogP contribution in [0.15, 0.2) is 43.0 Å². The van der Waals surface area contributed by atoms with Gasteiger partial charge in [-0.25, -0.2) is 8.42 Å². The fourth-order valence-electron chi connectivity index (χ4n) is 1.72. The van der Waals surface area contributed by atoms with Gasteiger partial charge in [0.25, 0.3) is 0 Å². The third-order valence-electron chi connectivity index (χ3n) is 2.63. The molecule has 0 aliphatic carbocycles. The highest BCUT2D eigenvalue weighted by atomic mass is 32.2. The summed E-state index contributed by atoms with van der Waals surface area (Å²) in [6.45, 7) is 0. The number of aromatic nitrogens is 2. The molecule has 4 nitrogen and oxygen atoms in total. The Hall–Kier alpha value is -1.75. The average molecular weight is 262 g/mol. The molecule has 2 aromatic rings. The summed E-state index contributed by atoms with van der Waals surface area (Å²) in [4.78, 5) is 8.15. The molecule has 0 aliphatic heterocycles. The minimum atomic E-state index is -2.96. The molecule has 18 heavy (non-hydrogen) atoms. The van der Waals surface area contributed by atoms with E-state index in [0.29, 0.717) is 6.42 Å². The molecule has 0 aromatic carbocycles. The van der Waals surface area contributed by atoms with Gasteiger partial charge in [-0.05, 0) is 24.1 Å². The first-order valence-corrected chi connectivity index (χ1v) is 7.63. The lowest BCUT2D eigenvalue weighted by Gasteiger charge is -2.08. The third-order valence-corrected chi connectivity index (χ3v) is 3.57. The van der Waals surface area contributed by atoms with Gasteiger partial charge in [-0.15, -0.1) is 0 Å². The maximum atomic E-state index is 11.2. The largest absolute Gasteiger partial charge is 0.264 e. The van der Waals surface area contributed by atoms with Crippen LogP contribution in [-0.2, 0) is 16.3 Å². The van der Waals surface area contributed by atoms with E-state index < -0.39 is 9.84 Å². The molecule has 0 aliphatic rings. The molecular weight excluding hydrogens is 248 g/mol. The molecule has 0 radical (unpaired) electrons. The molecule has 0 bridgehead atoms. The summed E-state index contributed by atoms with van der Waals surface area (Å²) in [5.74, 6) is 0.143. The van der Waals surface area contributed by atoms with Crippen LogP contribution in [0.4, 0.5) is 0 Å². The number of pyridine rings is 2. The van der Waals surface area contributed by atoms with Gasteiger partial charge in [0.1, 0.15) is 9.84 Å². The number of hydrogen-bond donors (Lipinski definition) is 0. The highest BCUT2D eigenvalue weighted by Gasteiger charge is 2.08. The van der Waals surface area contributed by atoms with Crippen LogP contribution in [-0.4, -0.2) is 30.4 Å². The lowest BCUT2D eigenvalue weighted by molar-refractivity contribution is 0.601. The van der Waals surface area contributed by atoms with Gasteiger partial charge in [0.2, 0.25) is 0 Å². The standard InChI is InChI=1S/C13H14N2O2S/c1-18(16,17)8-5-11-4-7-15-10-13(11)12-3-2-6-14-9-12/h2-4,6-7,9-10H,5,8H2,1H3. The van der Waals surface area contributed by atoms with Gasteiger partial charge in [0, 0.05) is 42.2 Å². The molecule has 2 heterocycles. The van der Waals surface area contributed by atoms with Crippen molar-refractivity contribution in [3.8, 4) is 11.1 Å². The van der Waals surface area contributed by atoms with E-state index in [9.17, 15) is 8.42 Å². The topological polar surface area (TPSA) is 59.9 Å². The van der Waals surface area contributed by atoms with Crippen LogP contribution in [0.3, 0.4) is 0 Å². The Morgan fingerprint density at radius 3 is 2.56 bits per heavy atom. The Kier molecular flexibility index (Phi) is 3.72. The van der Waals surface area contributed by atoms with Gasteiger partial charge in [0.05, 0.1) is 5.75 Å². The molecule has 94 valence electrons. The zero-order chi connectivity index (χ0) is 13.0. The van der Waals surface area contributed by atoms with E-state index in [2.05, 4.69) is 9.97 Å². The molecule has 0 unspecified atom stereocenters. The zero-order valence-corrected chi connectivity index (χ0v) is 10.9. The summed E-state index contributed by atoms with van der Waals surface area (Å²) in [6.07, 6.45) is 8.62. The molecule has 2 rings (SSSR count). The highest BCUT2D eigenvalue weighted by molar-refractivity contribution is 7.90. The van der Waals surface area contributed by atoms with E-state index >= 15 is 0 Å². The first-order valence-electron chi connectivity index (χ1n) is 5.57. The number of rotatable bonds is 4. The minimum Gasteiger partial charge on any atom is -0.264 e. The zero-order valence-electron chi connectivity index (χ0n) is 10.1. The van der Waals surface area contributed by atoms with E-state index in [1.165, 1.54) is 6.26 Å². The Morgan fingerprint density at radius 2 is 1.89 bits per heavy atom. The van der Waals surface area contributed by atoms with Crippen LogP contribution in [0, 0.1) is 0 Å². The van der Waals surface area contributed by atoms with Crippen molar-refractivity contribution in [2.24, 2.45) is 0 Å². The van der Waals surface area contributed by atoms with Crippen LogP contribution in [0.25, 0.3) is 11.1 Å². The normalized spacial score (nSPS) is 11.4. The second-order valence-electron chi connectivity index (χ2n) is 4.15. The van der Waals surface area contributed by atoms with Gasteiger partial charge in [-0.2, -0.15) is 0 Å². The van der Waals surface area contributed by atoms with E-state index in [1.807, 2.05) is 18.2 Å². The monoisotopic (exact) mass is 262 g/mol. The smallest absolute Gasteiger partial charge is 0.147 e. The summed E-state index contributed by atoms with van der Waals surface area (Å²) >= 11 is 0. The number of hydrogen-bond acceptors (Lipinski definition) is 4. The quantitative estimate of drug-likeness (QED) is 0.842. The maximum absolute atomic E-state index is 11.2. The van der Waals surface area contributed by atoms with Gasteiger partial charge >= 0.3 is 0 Å². The molecule has 2 aromatic heterocycles. The van der Waals surface area contributed by atoms with Crippen molar-refractivity contribution >= 4 is 9.84 Å². The summed E-state index contributed by atoms with van der Waals surface area (Å²) < 4.78 is 22.4.